The molecule has 1 aromatic heterocycles. The van der Waals surface area contributed by atoms with E-state index in [0.717, 1.165) is 31.2 Å². The highest BCUT2D eigenvalue weighted by Gasteiger charge is 2.20. The molecule has 0 spiro atoms. The second-order valence-corrected chi connectivity index (χ2v) is 6.44. The Bertz CT molecular complexity index is 636. The quantitative estimate of drug-likeness (QED) is 0.406. The van der Waals surface area contributed by atoms with E-state index in [-0.39, 0.29) is 29.4 Å². The molecule has 24 heavy (non-hydrogen) atoms. The van der Waals surface area contributed by atoms with Crippen LogP contribution in [0, 0.1) is 6.92 Å². The summed E-state index contributed by atoms with van der Waals surface area (Å²) < 4.78 is 5.33. The number of nitrogens with one attached hydrogen (secondary N) is 2. The first kappa shape index (κ1) is 20.5. The van der Waals surface area contributed by atoms with Gasteiger partial charge in [-0.05, 0) is 24.6 Å². The zero-order chi connectivity index (χ0) is 16.7. The lowest BCUT2D eigenvalue weighted by Gasteiger charge is -2.27. The van der Waals surface area contributed by atoms with Gasteiger partial charge in [0.05, 0.1) is 6.26 Å². The lowest BCUT2D eigenvalue weighted by Crippen LogP contribution is -2.44. The fraction of sp³-hybridized carbons (Fsp3) is 0.421. The maximum Gasteiger partial charge on any atom is 0.191 e. The zero-order valence-electron chi connectivity index (χ0n) is 14.9. The van der Waals surface area contributed by atoms with Gasteiger partial charge in [-0.2, -0.15) is 0 Å². The van der Waals surface area contributed by atoms with Crippen molar-refractivity contribution in [2.24, 2.45) is 4.99 Å². The molecule has 0 saturated heterocycles. The number of hydrogen-bond donors (Lipinski definition) is 2. The van der Waals surface area contributed by atoms with Gasteiger partial charge in [-0.25, -0.2) is 0 Å². The third-order valence-electron chi connectivity index (χ3n) is 3.96. The Hall–Kier alpha value is -1.50. The maximum absolute atomic E-state index is 5.33. The number of benzene rings is 1. The first-order valence-electron chi connectivity index (χ1n) is 8.05. The van der Waals surface area contributed by atoms with Crippen molar-refractivity contribution in [3.8, 4) is 0 Å². The minimum atomic E-state index is 0. The van der Waals surface area contributed by atoms with E-state index in [1.54, 1.807) is 13.3 Å². The van der Waals surface area contributed by atoms with E-state index in [9.17, 15) is 0 Å². The smallest absolute Gasteiger partial charge is 0.191 e. The summed E-state index contributed by atoms with van der Waals surface area (Å²) in [7, 11) is 1.79. The van der Waals surface area contributed by atoms with Gasteiger partial charge in [0.1, 0.15) is 5.76 Å². The van der Waals surface area contributed by atoms with Crippen molar-refractivity contribution in [1.82, 2.24) is 10.6 Å². The first-order chi connectivity index (χ1) is 11.0. The van der Waals surface area contributed by atoms with Crippen molar-refractivity contribution in [2.45, 2.75) is 32.6 Å². The van der Waals surface area contributed by atoms with E-state index in [1.807, 2.05) is 12.1 Å². The van der Waals surface area contributed by atoms with Crippen molar-refractivity contribution in [1.29, 1.82) is 0 Å². The molecule has 2 aromatic rings. The van der Waals surface area contributed by atoms with Crippen LogP contribution in [0.25, 0.3) is 0 Å². The molecule has 5 heteroatoms. The Morgan fingerprint density at radius 1 is 1.17 bits per heavy atom. The van der Waals surface area contributed by atoms with E-state index >= 15 is 0 Å². The second kappa shape index (κ2) is 9.71. The van der Waals surface area contributed by atoms with Gasteiger partial charge in [-0.1, -0.05) is 43.7 Å². The molecule has 0 aliphatic rings. The number of halogens is 1. The van der Waals surface area contributed by atoms with Gasteiger partial charge in [-0.3, -0.25) is 4.99 Å². The first-order valence-corrected chi connectivity index (χ1v) is 8.05. The largest absolute Gasteiger partial charge is 0.469 e. The Labute approximate surface area is 162 Å². The molecule has 0 aliphatic heterocycles. The van der Waals surface area contributed by atoms with E-state index in [4.69, 9.17) is 4.42 Å². The Morgan fingerprint density at radius 3 is 2.58 bits per heavy atom. The van der Waals surface area contributed by atoms with Crippen molar-refractivity contribution in [3.05, 3.63) is 59.5 Å². The molecule has 0 saturated carbocycles. The molecule has 1 aromatic carbocycles. The van der Waals surface area contributed by atoms with Crippen molar-refractivity contribution in [3.63, 3.8) is 0 Å². The number of rotatable bonds is 6. The Balaban J connectivity index is 0.00000288. The molecule has 0 radical (unpaired) electrons. The summed E-state index contributed by atoms with van der Waals surface area (Å²) in [6.07, 6.45) is 2.54. The summed E-state index contributed by atoms with van der Waals surface area (Å²) >= 11 is 0. The number of guanidine groups is 1. The minimum absolute atomic E-state index is 0. The van der Waals surface area contributed by atoms with Crippen LogP contribution in [0.1, 0.15) is 30.7 Å². The van der Waals surface area contributed by atoms with Crippen LogP contribution in [0.15, 0.2) is 52.1 Å². The topological polar surface area (TPSA) is 49.6 Å². The Kier molecular flexibility index (Phi) is 8.31. The lowest BCUT2D eigenvalue weighted by molar-refractivity contribution is 0.499. The van der Waals surface area contributed by atoms with E-state index in [2.05, 4.69) is 60.7 Å². The molecule has 0 bridgehead atoms. The van der Waals surface area contributed by atoms with Crippen molar-refractivity contribution < 1.29 is 4.42 Å². The monoisotopic (exact) mass is 441 g/mol. The molecule has 0 amide bonds. The molecule has 1 heterocycles. The predicted octanol–water partition coefficient (Wildman–Crippen LogP) is 3.89. The Morgan fingerprint density at radius 2 is 1.96 bits per heavy atom. The molecule has 0 unspecified atom stereocenters. The van der Waals surface area contributed by atoms with Gasteiger partial charge in [0.15, 0.2) is 5.96 Å². The molecule has 132 valence electrons. The van der Waals surface area contributed by atoms with Crippen LogP contribution in [-0.4, -0.2) is 26.1 Å². The summed E-state index contributed by atoms with van der Waals surface area (Å²) in [4.78, 5) is 4.28. The van der Waals surface area contributed by atoms with Crippen molar-refractivity contribution >= 4 is 29.9 Å². The summed E-state index contributed by atoms with van der Waals surface area (Å²) in [6.45, 7) is 8.22. The molecule has 4 nitrogen and oxygen atoms in total. The minimum Gasteiger partial charge on any atom is -0.469 e. The van der Waals surface area contributed by atoms with Crippen LogP contribution in [0.5, 0.6) is 0 Å². The summed E-state index contributed by atoms with van der Waals surface area (Å²) in [5.74, 6) is 1.80. The van der Waals surface area contributed by atoms with Gasteiger partial charge < -0.3 is 15.1 Å². The molecule has 2 rings (SSSR count). The average molecular weight is 441 g/mol. The summed E-state index contributed by atoms with van der Waals surface area (Å²) in [5, 5.41) is 6.74. The van der Waals surface area contributed by atoms with E-state index in [0.29, 0.717) is 0 Å². The van der Waals surface area contributed by atoms with Gasteiger partial charge in [0, 0.05) is 32.0 Å². The highest BCUT2D eigenvalue weighted by atomic mass is 127. The van der Waals surface area contributed by atoms with Crippen LogP contribution in [0.3, 0.4) is 0 Å². The second-order valence-electron chi connectivity index (χ2n) is 6.44. The molecular weight excluding hydrogens is 413 g/mol. The fourth-order valence-electron chi connectivity index (χ4n) is 2.45. The SMILES string of the molecule is CN=C(NCCc1ccco1)NCC(C)(C)c1cccc(C)c1.I. The van der Waals surface area contributed by atoms with Crippen LogP contribution < -0.4 is 10.6 Å². The zero-order valence-corrected chi connectivity index (χ0v) is 17.3. The maximum atomic E-state index is 5.33. The van der Waals surface area contributed by atoms with Crippen LogP contribution in [-0.2, 0) is 11.8 Å². The number of hydrogen-bond acceptors (Lipinski definition) is 2. The molecule has 0 fully saturated rings. The normalized spacial score (nSPS) is 11.8. The number of aryl methyl sites for hydroxylation is 1. The molecular formula is C19H28IN3O. The summed E-state index contributed by atoms with van der Waals surface area (Å²) in [5.41, 5.74) is 2.65. The van der Waals surface area contributed by atoms with Crippen molar-refractivity contribution in [2.75, 3.05) is 20.1 Å². The van der Waals surface area contributed by atoms with Crippen LogP contribution >= 0.6 is 24.0 Å². The standard InChI is InChI=1S/C19H27N3O.HI/c1-15-7-5-8-16(13-15)19(2,3)14-22-18(20-4)21-11-10-17-9-6-12-23-17;/h5-9,12-13H,10-11,14H2,1-4H3,(H2,20,21,22);1H. The van der Waals surface area contributed by atoms with Crippen LogP contribution in [0.2, 0.25) is 0 Å². The summed E-state index contributed by atoms with van der Waals surface area (Å²) in [6, 6.07) is 12.6. The van der Waals surface area contributed by atoms with Gasteiger partial charge >= 0.3 is 0 Å². The van der Waals surface area contributed by atoms with Crippen LogP contribution in [0.4, 0.5) is 0 Å². The van der Waals surface area contributed by atoms with E-state index in [1.165, 1.54) is 11.1 Å². The highest BCUT2D eigenvalue weighted by Crippen LogP contribution is 2.22. The number of nitrogens with zero attached hydrogens (tertiary/aromatic N) is 1. The highest BCUT2D eigenvalue weighted by molar-refractivity contribution is 14.0. The molecule has 0 aliphatic carbocycles. The van der Waals surface area contributed by atoms with Gasteiger partial charge in [0.25, 0.3) is 0 Å². The fourth-order valence-corrected chi connectivity index (χ4v) is 2.45. The van der Waals surface area contributed by atoms with E-state index < -0.39 is 0 Å². The third-order valence-corrected chi connectivity index (χ3v) is 3.96. The third kappa shape index (κ3) is 6.19. The lowest BCUT2D eigenvalue weighted by atomic mass is 9.84. The number of furan rings is 1. The number of aliphatic imine (C=N–C) groups is 1. The predicted molar refractivity (Wildman–Crippen MR) is 111 cm³/mol. The average Bonchev–Trinajstić information content (AvgIpc) is 3.04. The van der Waals surface area contributed by atoms with Gasteiger partial charge in [0.2, 0.25) is 0 Å². The molecule has 0 atom stereocenters. The van der Waals surface area contributed by atoms with Gasteiger partial charge in [-0.15, -0.1) is 24.0 Å². The molecule has 2 N–H and O–H groups in total.